The molecule has 0 amide bonds. The molecule has 1 unspecified atom stereocenters. The van der Waals surface area contributed by atoms with Gasteiger partial charge in [-0.2, -0.15) is 0 Å². The van der Waals surface area contributed by atoms with E-state index in [0.717, 1.165) is 25.4 Å². The first kappa shape index (κ1) is 9.00. The lowest BCUT2D eigenvalue weighted by Crippen LogP contribution is -2.25. The average Bonchev–Trinajstić information content (AvgIpc) is 2.81. The molecule has 0 aromatic carbocycles. The van der Waals surface area contributed by atoms with Gasteiger partial charge in [-0.15, -0.1) is 0 Å². The van der Waals surface area contributed by atoms with E-state index in [4.69, 9.17) is 4.74 Å². The summed E-state index contributed by atoms with van der Waals surface area (Å²) in [7, 11) is 1.48. The van der Waals surface area contributed by atoms with E-state index in [-0.39, 0.29) is 11.9 Å². The Morgan fingerprint density at radius 3 is 2.85 bits per heavy atom. The standard InChI is InChI=1S/C10H17NO2/c1-13-10(12)9-4-5-11(7-9)6-8-2-3-8/h8-9H,2-7H2,1H3. The molecule has 1 aliphatic carbocycles. The number of esters is 1. The first-order chi connectivity index (χ1) is 6.29. The number of nitrogens with zero attached hydrogens (tertiary/aromatic N) is 1. The summed E-state index contributed by atoms with van der Waals surface area (Å²) in [6.45, 7) is 3.20. The van der Waals surface area contributed by atoms with Gasteiger partial charge in [0.1, 0.15) is 0 Å². The van der Waals surface area contributed by atoms with Crippen molar-refractivity contribution in [2.24, 2.45) is 11.8 Å². The summed E-state index contributed by atoms with van der Waals surface area (Å²) in [5, 5.41) is 0. The van der Waals surface area contributed by atoms with Crippen molar-refractivity contribution in [3.63, 3.8) is 0 Å². The van der Waals surface area contributed by atoms with Crippen LogP contribution >= 0.6 is 0 Å². The van der Waals surface area contributed by atoms with Gasteiger partial charge in [-0.05, 0) is 31.7 Å². The molecule has 1 atom stereocenters. The molecule has 1 saturated carbocycles. The van der Waals surface area contributed by atoms with Crippen LogP contribution in [-0.4, -0.2) is 37.6 Å². The topological polar surface area (TPSA) is 29.5 Å². The Morgan fingerprint density at radius 1 is 1.46 bits per heavy atom. The molecular weight excluding hydrogens is 166 g/mol. The number of ether oxygens (including phenoxy) is 1. The molecule has 3 heteroatoms. The van der Waals surface area contributed by atoms with Gasteiger partial charge in [0.15, 0.2) is 0 Å². The highest BCUT2D eigenvalue weighted by Gasteiger charge is 2.32. The number of hydrogen-bond donors (Lipinski definition) is 0. The molecule has 0 bridgehead atoms. The van der Waals surface area contributed by atoms with E-state index >= 15 is 0 Å². The first-order valence-electron chi connectivity index (χ1n) is 5.10. The van der Waals surface area contributed by atoms with Gasteiger partial charge in [-0.1, -0.05) is 0 Å². The van der Waals surface area contributed by atoms with Crippen molar-refractivity contribution in [3.05, 3.63) is 0 Å². The third-order valence-corrected chi connectivity index (χ3v) is 3.02. The highest BCUT2D eigenvalue weighted by molar-refractivity contribution is 5.72. The van der Waals surface area contributed by atoms with Crippen molar-refractivity contribution in [1.29, 1.82) is 0 Å². The minimum atomic E-state index is -0.0294. The van der Waals surface area contributed by atoms with Crippen LogP contribution in [0.5, 0.6) is 0 Å². The zero-order chi connectivity index (χ0) is 9.26. The van der Waals surface area contributed by atoms with Crippen molar-refractivity contribution in [2.45, 2.75) is 19.3 Å². The summed E-state index contributed by atoms with van der Waals surface area (Å²) in [5.41, 5.74) is 0. The second-order valence-electron chi connectivity index (χ2n) is 4.21. The summed E-state index contributed by atoms with van der Waals surface area (Å²) in [6, 6.07) is 0. The number of hydrogen-bond acceptors (Lipinski definition) is 3. The average molecular weight is 183 g/mol. The molecule has 1 aliphatic heterocycles. The lowest BCUT2D eigenvalue weighted by Gasteiger charge is -2.14. The quantitative estimate of drug-likeness (QED) is 0.609. The minimum Gasteiger partial charge on any atom is -0.469 e. The Morgan fingerprint density at radius 2 is 2.23 bits per heavy atom. The monoisotopic (exact) mass is 183 g/mol. The van der Waals surface area contributed by atoms with E-state index in [1.165, 1.54) is 26.5 Å². The van der Waals surface area contributed by atoms with Gasteiger partial charge in [0.2, 0.25) is 0 Å². The highest BCUT2D eigenvalue weighted by Crippen LogP contribution is 2.31. The molecule has 0 radical (unpaired) electrons. The summed E-state index contributed by atoms with van der Waals surface area (Å²) in [4.78, 5) is 13.6. The summed E-state index contributed by atoms with van der Waals surface area (Å²) >= 11 is 0. The Balaban J connectivity index is 1.75. The van der Waals surface area contributed by atoms with Crippen LogP contribution in [0.2, 0.25) is 0 Å². The van der Waals surface area contributed by atoms with Crippen LogP contribution in [0.3, 0.4) is 0 Å². The third-order valence-electron chi connectivity index (χ3n) is 3.02. The molecule has 3 nitrogen and oxygen atoms in total. The zero-order valence-corrected chi connectivity index (χ0v) is 8.16. The minimum absolute atomic E-state index is 0.0294. The van der Waals surface area contributed by atoms with E-state index in [1.54, 1.807) is 0 Å². The molecule has 0 aromatic rings. The number of rotatable bonds is 3. The van der Waals surface area contributed by atoms with Crippen molar-refractivity contribution < 1.29 is 9.53 Å². The Kier molecular flexibility index (Phi) is 2.54. The van der Waals surface area contributed by atoms with Crippen molar-refractivity contribution in [1.82, 2.24) is 4.90 Å². The molecule has 0 spiro atoms. The Labute approximate surface area is 79.0 Å². The molecule has 0 aromatic heterocycles. The maximum atomic E-state index is 11.2. The lowest BCUT2D eigenvalue weighted by molar-refractivity contribution is -0.144. The number of carbonyl (C=O) groups is 1. The van der Waals surface area contributed by atoms with Gasteiger partial charge >= 0.3 is 5.97 Å². The van der Waals surface area contributed by atoms with Gasteiger partial charge < -0.3 is 9.64 Å². The van der Waals surface area contributed by atoms with Gasteiger partial charge in [-0.25, -0.2) is 0 Å². The van der Waals surface area contributed by atoms with Gasteiger partial charge in [0.05, 0.1) is 13.0 Å². The molecular formula is C10H17NO2. The van der Waals surface area contributed by atoms with E-state index < -0.39 is 0 Å². The van der Waals surface area contributed by atoms with E-state index in [2.05, 4.69) is 4.90 Å². The van der Waals surface area contributed by atoms with E-state index in [0.29, 0.717) is 0 Å². The van der Waals surface area contributed by atoms with Crippen molar-refractivity contribution in [2.75, 3.05) is 26.7 Å². The Bertz CT molecular complexity index is 201. The van der Waals surface area contributed by atoms with Crippen LogP contribution in [0.15, 0.2) is 0 Å². The smallest absolute Gasteiger partial charge is 0.310 e. The molecule has 0 N–H and O–H groups in total. The molecule has 74 valence electrons. The van der Waals surface area contributed by atoms with Crippen molar-refractivity contribution >= 4 is 5.97 Å². The Hall–Kier alpha value is -0.570. The van der Waals surface area contributed by atoms with Crippen LogP contribution in [0, 0.1) is 11.8 Å². The predicted octanol–water partition coefficient (Wildman–Crippen LogP) is 0.891. The van der Waals surface area contributed by atoms with Crippen LogP contribution in [-0.2, 0) is 9.53 Å². The van der Waals surface area contributed by atoms with Crippen LogP contribution < -0.4 is 0 Å². The number of likely N-dealkylation sites (tertiary alicyclic amines) is 1. The maximum absolute atomic E-state index is 11.2. The first-order valence-corrected chi connectivity index (χ1v) is 5.10. The highest BCUT2D eigenvalue weighted by atomic mass is 16.5. The van der Waals surface area contributed by atoms with Gasteiger partial charge in [0, 0.05) is 13.1 Å². The third kappa shape index (κ3) is 2.21. The maximum Gasteiger partial charge on any atom is 0.310 e. The molecule has 2 rings (SSSR count). The summed E-state index contributed by atoms with van der Waals surface area (Å²) in [6.07, 6.45) is 3.76. The van der Waals surface area contributed by atoms with Crippen LogP contribution in [0.4, 0.5) is 0 Å². The number of carbonyl (C=O) groups excluding carboxylic acids is 1. The summed E-state index contributed by atoms with van der Waals surface area (Å²) < 4.78 is 4.74. The van der Waals surface area contributed by atoms with E-state index in [9.17, 15) is 4.79 Å². The molecule has 2 fully saturated rings. The van der Waals surface area contributed by atoms with Crippen LogP contribution in [0.1, 0.15) is 19.3 Å². The van der Waals surface area contributed by atoms with Gasteiger partial charge in [0.25, 0.3) is 0 Å². The zero-order valence-electron chi connectivity index (χ0n) is 8.16. The summed E-state index contributed by atoms with van der Waals surface area (Å²) in [5.74, 6) is 1.04. The SMILES string of the molecule is COC(=O)C1CCN(CC2CC2)C1. The molecule has 1 saturated heterocycles. The van der Waals surface area contributed by atoms with Crippen molar-refractivity contribution in [3.8, 4) is 0 Å². The van der Waals surface area contributed by atoms with E-state index in [1.807, 2.05) is 0 Å². The second-order valence-corrected chi connectivity index (χ2v) is 4.21. The normalized spacial score (nSPS) is 29.2. The fraction of sp³-hybridized carbons (Fsp3) is 0.900. The molecule has 13 heavy (non-hydrogen) atoms. The fourth-order valence-corrected chi connectivity index (χ4v) is 2.02. The van der Waals surface area contributed by atoms with Gasteiger partial charge in [-0.3, -0.25) is 4.79 Å². The second kappa shape index (κ2) is 3.66. The lowest BCUT2D eigenvalue weighted by atomic mass is 10.1. The number of methoxy groups -OCH3 is 1. The van der Waals surface area contributed by atoms with Crippen LogP contribution in [0.25, 0.3) is 0 Å². The molecule has 2 aliphatic rings. The predicted molar refractivity (Wildman–Crippen MR) is 49.3 cm³/mol. The molecule has 1 heterocycles. The fourth-order valence-electron chi connectivity index (χ4n) is 2.02. The largest absolute Gasteiger partial charge is 0.469 e.